The Bertz CT molecular complexity index is 668. The molecule has 1 heterocycles. The quantitative estimate of drug-likeness (QED) is 0.942. The topological polar surface area (TPSA) is 68.0 Å². The number of carbonyl (C=O) groups is 1. The number of benzene rings is 1. The van der Waals surface area contributed by atoms with E-state index in [0.717, 1.165) is 17.7 Å². The van der Waals surface area contributed by atoms with Crippen LogP contribution in [0.4, 0.5) is 0 Å². The van der Waals surface area contributed by atoms with Gasteiger partial charge in [0.05, 0.1) is 6.54 Å². The molecule has 114 valence electrons. The van der Waals surface area contributed by atoms with Gasteiger partial charge in [0.1, 0.15) is 0 Å². The van der Waals surface area contributed by atoms with Crippen molar-refractivity contribution in [3.05, 3.63) is 47.6 Å². The molecule has 22 heavy (non-hydrogen) atoms. The molecule has 1 aromatic heterocycles. The molecule has 0 radical (unpaired) electrons. The van der Waals surface area contributed by atoms with Crippen LogP contribution in [-0.4, -0.2) is 16.0 Å². The van der Waals surface area contributed by atoms with Gasteiger partial charge in [0, 0.05) is 11.5 Å². The van der Waals surface area contributed by atoms with E-state index in [-0.39, 0.29) is 5.91 Å². The number of nitrogens with one attached hydrogen (secondary N) is 1. The Kier molecular flexibility index (Phi) is 3.41. The van der Waals surface area contributed by atoms with Crippen LogP contribution in [0.1, 0.15) is 53.7 Å². The maximum absolute atomic E-state index is 12.0. The predicted molar refractivity (Wildman–Crippen MR) is 80.1 cm³/mol. The first-order valence-corrected chi connectivity index (χ1v) is 7.95. The zero-order valence-electron chi connectivity index (χ0n) is 12.4. The molecule has 4 rings (SSSR count). The summed E-state index contributed by atoms with van der Waals surface area (Å²) in [6, 6.07) is 9.14. The minimum absolute atomic E-state index is 0.119. The standard InChI is InChI=1S/C17H19N3O2/c21-16(12-4-2-1-3-5-12)18-10-15-19-17(22-20-15)14-9-11-6-7-13(14)8-11/h1-5,11,13-14H,6-10H2,(H,18,21). The summed E-state index contributed by atoms with van der Waals surface area (Å²) in [5.41, 5.74) is 0.638. The number of nitrogens with zero attached hydrogens (tertiary/aromatic N) is 2. The summed E-state index contributed by atoms with van der Waals surface area (Å²) in [7, 11) is 0. The van der Waals surface area contributed by atoms with E-state index in [1.165, 1.54) is 25.7 Å². The lowest BCUT2D eigenvalue weighted by atomic mass is 9.89. The molecular weight excluding hydrogens is 278 g/mol. The van der Waals surface area contributed by atoms with Gasteiger partial charge in [-0.3, -0.25) is 4.79 Å². The molecule has 2 aliphatic rings. The van der Waals surface area contributed by atoms with Crippen LogP contribution in [0.5, 0.6) is 0 Å². The van der Waals surface area contributed by atoms with Crippen molar-refractivity contribution in [1.82, 2.24) is 15.5 Å². The average molecular weight is 297 g/mol. The lowest BCUT2D eigenvalue weighted by Gasteiger charge is -2.16. The lowest BCUT2D eigenvalue weighted by Crippen LogP contribution is -2.23. The fraction of sp³-hybridized carbons (Fsp3) is 0.471. The second kappa shape index (κ2) is 5.55. The van der Waals surface area contributed by atoms with Gasteiger partial charge in [0.15, 0.2) is 5.82 Å². The van der Waals surface area contributed by atoms with Gasteiger partial charge in [-0.1, -0.05) is 29.8 Å². The smallest absolute Gasteiger partial charge is 0.251 e. The van der Waals surface area contributed by atoms with Crippen LogP contribution in [0.2, 0.25) is 0 Å². The summed E-state index contributed by atoms with van der Waals surface area (Å²) in [5, 5.41) is 6.84. The molecule has 3 unspecified atom stereocenters. The van der Waals surface area contributed by atoms with Gasteiger partial charge in [-0.15, -0.1) is 0 Å². The first-order valence-electron chi connectivity index (χ1n) is 7.95. The Morgan fingerprint density at radius 3 is 2.82 bits per heavy atom. The van der Waals surface area contributed by atoms with Crippen LogP contribution in [-0.2, 0) is 6.54 Å². The highest BCUT2D eigenvalue weighted by Crippen LogP contribution is 2.52. The van der Waals surface area contributed by atoms with E-state index in [9.17, 15) is 4.79 Å². The number of aromatic nitrogens is 2. The second-order valence-corrected chi connectivity index (χ2v) is 6.38. The average Bonchev–Trinajstić information content (AvgIpc) is 3.29. The minimum atomic E-state index is -0.119. The summed E-state index contributed by atoms with van der Waals surface area (Å²) in [6.45, 7) is 0.304. The highest BCUT2D eigenvalue weighted by atomic mass is 16.5. The third kappa shape index (κ3) is 2.51. The molecule has 1 aromatic carbocycles. The van der Waals surface area contributed by atoms with Crippen molar-refractivity contribution in [3.63, 3.8) is 0 Å². The van der Waals surface area contributed by atoms with Crippen LogP contribution in [0.3, 0.4) is 0 Å². The minimum Gasteiger partial charge on any atom is -0.345 e. The van der Waals surface area contributed by atoms with E-state index in [1.54, 1.807) is 12.1 Å². The fourth-order valence-electron chi connectivity index (χ4n) is 3.89. The van der Waals surface area contributed by atoms with Gasteiger partial charge >= 0.3 is 0 Å². The number of fused-ring (bicyclic) bond motifs is 2. The monoisotopic (exact) mass is 297 g/mol. The summed E-state index contributed by atoms with van der Waals surface area (Å²) in [6.07, 6.45) is 5.14. The van der Waals surface area contributed by atoms with Crippen LogP contribution >= 0.6 is 0 Å². The number of hydrogen-bond acceptors (Lipinski definition) is 4. The highest BCUT2D eigenvalue weighted by molar-refractivity contribution is 5.93. The van der Waals surface area contributed by atoms with Crippen molar-refractivity contribution < 1.29 is 9.32 Å². The van der Waals surface area contributed by atoms with E-state index in [2.05, 4.69) is 15.5 Å². The van der Waals surface area contributed by atoms with Crippen LogP contribution in [0.25, 0.3) is 0 Å². The van der Waals surface area contributed by atoms with Crippen LogP contribution in [0, 0.1) is 11.8 Å². The molecule has 2 fully saturated rings. The normalized spacial score (nSPS) is 26.3. The Morgan fingerprint density at radius 2 is 2.09 bits per heavy atom. The molecule has 3 atom stereocenters. The zero-order chi connectivity index (χ0) is 14.9. The molecule has 0 saturated heterocycles. The van der Waals surface area contributed by atoms with Crippen LogP contribution in [0.15, 0.2) is 34.9 Å². The van der Waals surface area contributed by atoms with Crippen molar-refractivity contribution in [2.45, 2.75) is 38.1 Å². The van der Waals surface area contributed by atoms with Crippen LogP contribution < -0.4 is 5.32 Å². The van der Waals surface area contributed by atoms with E-state index in [0.29, 0.717) is 23.9 Å². The number of amides is 1. The molecule has 5 nitrogen and oxygen atoms in total. The molecule has 2 aromatic rings. The highest BCUT2D eigenvalue weighted by Gasteiger charge is 2.42. The van der Waals surface area contributed by atoms with Gasteiger partial charge in [-0.05, 0) is 43.2 Å². The van der Waals surface area contributed by atoms with Gasteiger partial charge < -0.3 is 9.84 Å². The Labute approximate surface area is 129 Å². The molecule has 0 aliphatic heterocycles. The van der Waals surface area contributed by atoms with Gasteiger partial charge in [0.25, 0.3) is 5.91 Å². The molecule has 5 heteroatoms. The first kappa shape index (κ1) is 13.5. The molecule has 0 spiro atoms. The number of hydrogen-bond donors (Lipinski definition) is 1. The Balaban J connectivity index is 1.37. The molecule has 2 saturated carbocycles. The lowest BCUT2D eigenvalue weighted by molar-refractivity contribution is 0.0949. The number of carbonyl (C=O) groups excluding carboxylic acids is 1. The summed E-state index contributed by atoms with van der Waals surface area (Å²) >= 11 is 0. The molecule has 2 bridgehead atoms. The first-order chi connectivity index (χ1) is 10.8. The predicted octanol–water partition coefficient (Wildman–Crippen LogP) is 2.90. The van der Waals surface area contributed by atoms with E-state index in [1.807, 2.05) is 18.2 Å². The van der Waals surface area contributed by atoms with Gasteiger partial charge in [-0.25, -0.2) is 0 Å². The summed E-state index contributed by atoms with van der Waals surface area (Å²) < 4.78 is 5.43. The largest absolute Gasteiger partial charge is 0.345 e. The van der Waals surface area contributed by atoms with Crippen molar-refractivity contribution in [2.75, 3.05) is 0 Å². The summed E-state index contributed by atoms with van der Waals surface area (Å²) in [5.74, 6) is 3.20. The van der Waals surface area contributed by atoms with E-state index < -0.39 is 0 Å². The van der Waals surface area contributed by atoms with Crippen molar-refractivity contribution in [2.24, 2.45) is 11.8 Å². The van der Waals surface area contributed by atoms with E-state index in [4.69, 9.17) is 4.52 Å². The fourth-order valence-corrected chi connectivity index (χ4v) is 3.89. The SMILES string of the molecule is O=C(NCc1noc(C2CC3CCC2C3)n1)c1ccccc1. The molecule has 1 amide bonds. The van der Waals surface area contributed by atoms with E-state index >= 15 is 0 Å². The van der Waals surface area contributed by atoms with Crippen molar-refractivity contribution in [1.29, 1.82) is 0 Å². The van der Waals surface area contributed by atoms with Crippen molar-refractivity contribution >= 4 is 5.91 Å². The molecule has 1 N–H and O–H groups in total. The summed E-state index contributed by atoms with van der Waals surface area (Å²) in [4.78, 5) is 16.5. The second-order valence-electron chi connectivity index (χ2n) is 6.38. The third-order valence-corrected chi connectivity index (χ3v) is 4.98. The third-order valence-electron chi connectivity index (χ3n) is 4.98. The number of rotatable bonds is 4. The van der Waals surface area contributed by atoms with Crippen molar-refractivity contribution in [3.8, 4) is 0 Å². The van der Waals surface area contributed by atoms with Gasteiger partial charge in [0.2, 0.25) is 5.89 Å². The Morgan fingerprint density at radius 1 is 1.23 bits per heavy atom. The Hall–Kier alpha value is -2.17. The molecular formula is C17H19N3O2. The maximum Gasteiger partial charge on any atom is 0.251 e. The zero-order valence-corrected chi connectivity index (χ0v) is 12.4. The molecule has 2 aliphatic carbocycles. The van der Waals surface area contributed by atoms with Gasteiger partial charge in [-0.2, -0.15) is 4.98 Å². The maximum atomic E-state index is 12.0.